The first-order valence-electron chi connectivity index (χ1n) is 6.42. The van der Waals surface area contributed by atoms with E-state index >= 15 is 0 Å². The Hall–Kier alpha value is -1.06. The van der Waals surface area contributed by atoms with Crippen molar-refractivity contribution in [2.24, 2.45) is 5.92 Å². The summed E-state index contributed by atoms with van der Waals surface area (Å²) in [6.45, 7) is 12.3. The molecule has 0 bridgehead atoms. The molecule has 0 radical (unpaired) electrons. The summed E-state index contributed by atoms with van der Waals surface area (Å²) in [5.74, 6) is 0.412. The molecule has 0 aliphatic carbocycles. The summed E-state index contributed by atoms with van der Waals surface area (Å²) in [4.78, 5) is 21.4. The molecule has 0 unspecified atom stereocenters. The first kappa shape index (κ1) is 18.3. The van der Waals surface area contributed by atoms with E-state index in [1.807, 2.05) is 41.5 Å². The second-order valence-corrected chi connectivity index (χ2v) is 4.52. The molecule has 0 aliphatic rings. The van der Waals surface area contributed by atoms with Gasteiger partial charge in [-0.2, -0.15) is 0 Å². The standard InChI is InChI=1S/C7H15NO.C6H13NO/c1-4-5-7(9)8-6(2)3;1-4-7-6(8)5(2)3/h6H,4-5H2,1-3H3,(H,8,9);5H,4H2,1-3H3,(H,7,8). The minimum atomic E-state index is 0.120. The maximum absolute atomic E-state index is 10.7. The van der Waals surface area contributed by atoms with Crippen molar-refractivity contribution in [2.45, 2.75) is 60.4 Å². The molecule has 0 aromatic rings. The van der Waals surface area contributed by atoms with Crippen molar-refractivity contribution in [2.75, 3.05) is 6.54 Å². The van der Waals surface area contributed by atoms with Gasteiger partial charge in [-0.3, -0.25) is 9.59 Å². The van der Waals surface area contributed by atoms with Crippen molar-refractivity contribution < 1.29 is 9.59 Å². The Morgan fingerprint density at radius 2 is 1.59 bits per heavy atom. The van der Waals surface area contributed by atoms with Crippen LogP contribution < -0.4 is 10.6 Å². The van der Waals surface area contributed by atoms with Gasteiger partial charge in [0.25, 0.3) is 0 Å². The number of carbonyl (C=O) groups is 2. The van der Waals surface area contributed by atoms with Crippen LogP contribution in [0.5, 0.6) is 0 Å². The zero-order chi connectivity index (χ0) is 13.8. The Bertz CT molecular complexity index is 213. The Labute approximate surface area is 106 Å². The third-order valence-corrected chi connectivity index (χ3v) is 1.80. The Morgan fingerprint density at radius 3 is 1.82 bits per heavy atom. The lowest BCUT2D eigenvalue weighted by atomic mass is 10.2. The summed E-state index contributed by atoms with van der Waals surface area (Å²) in [5.41, 5.74) is 0. The Morgan fingerprint density at radius 1 is 1.06 bits per heavy atom. The average molecular weight is 244 g/mol. The van der Waals surface area contributed by atoms with Crippen molar-refractivity contribution >= 4 is 11.8 Å². The summed E-state index contributed by atoms with van der Waals surface area (Å²) < 4.78 is 0. The Kier molecular flexibility index (Phi) is 12.3. The molecule has 4 nitrogen and oxygen atoms in total. The summed E-state index contributed by atoms with van der Waals surface area (Å²) >= 11 is 0. The highest BCUT2D eigenvalue weighted by molar-refractivity contribution is 5.77. The van der Waals surface area contributed by atoms with E-state index in [9.17, 15) is 9.59 Å². The monoisotopic (exact) mass is 244 g/mol. The first-order chi connectivity index (χ1) is 7.84. The van der Waals surface area contributed by atoms with Crippen molar-refractivity contribution in [1.29, 1.82) is 0 Å². The number of hydrogen-bond acceptors (Lipinski definition) is 2. The number of rotatable bonds is 5. The fraction of sp³-hybridized carbons (Fsp3) is 0.846. The minimum absolute atomic E-state index is 0.120. The van der Waals surface area contributed by atoms with Gasteiger partial charge in [-0.25, -0.2) is 0 Å². The number of amides is 2. The van der Waals surface area contributed by atoms with Crippen LogP contribution in [0.2, 0.25) is 0 Å². The van der Waals surface area contributed by atoms with Gasteiger partial charge in [0.2, 0.25) is 11.8 Å². The molecule has 2 N–H and O–H groups in total. The molecule has 0 atom stereocenters. The molecule has 0 aromatic carbocycles. The van der Waals surface area contributed by atoms with Crippen molar-refractivity contribution in [3.63, 3.8) is 0 Å². The summed E-state index contributed by atoms with van der Waals surface area (Å²) in [6.07, 6.45) is 1.58. The molecule has 0 rings (SSSR count). The molecule has 0 fully saturated rings. The van der Waals surface area contributed by atoms with E-state index in [2.05, 4.69) is 10.6 Å². The average Bonchev–Trinajstić information content (AvgIpc) is 2.17. The summed E-state index contributed by atoms with van der Waals surface area (Å²) in [7, 11) is 0. The van der Waals surface area contributed by atoms with Gasteiger partial charge < -0.3 is 10.6 Å². The van der Waals surface area contributed by atoms with Crippen LogP contribution in [0.4, 0.5) is 0 Å². The second kappa shape index (κ2) is 11.4. The first-order valence-corrected chi connectivity index (χ1v) is 6.42. The third-order valence-electron chi connectivity index (χ3n) is 1.80. The van der Waals surface area contributed by atoms with E-state index in [-0.39, 0.29) is 23.8 Å². The van der Waals surface area contributed by atoms with Crippen molar-refractivity contribution in [3.8, 4) is 0 Å². The van der Waals surface area contributed by atoms with Crippen molar-refractivity contribution in [3.05, 3.63) is 0 Å². The largest absolute Gasteiger partial charge is 0.356 e. The van der Waals surface area contributed by atoms with Crippen molar-refractivity contribution in [1.82, 2.24) is 10.6 Å². The van der Waals surface area contributed by atoms with Gasteiger partial charge in [0.1, 0.15) is 0 Å². The van der Waals surface area contributed by atoms with E-state index in [1.54, 1.807) is 0 Å². The van der Waals surface area contributed by atoms with Crippen LogP contribution in [0.15, 0.2) is 0 Å². The number of hydrogen-bond donors (Lipinski definition) is 2. The maximum atomic E-state index is 10.7. The minimum Gasteiger partial charge on any atom is -0.356 e. The van der Waals surface area contributed by atoms with Gasteiger partial charge >= 0.3 is 0 Å². The van der Waals surface area contributed by atoms with Gasteiger partial charge in [-0.15, -0.1) is 0 Å². The molecule has 17 heavy (non-hydrogen) atoms. The molecule has 0 heterocycles. The Balaban J connectivity index is 0. The van der Waals surface area contributed by atoms with Gasteiger partial charge in [0, 0.05) is 24.9 Å². The smallest absolute Gasteiger partial charge is 0.222 e. The van der Waals surface area contributed by atoms with Crippen LogP contribution in [-0.4, -0.2) is 24.4 Å². The molecule has 0 spiro atoms. The van der Waals surface area contributed by atoms with Crippen LogP contribution in [0.1, 0.15) is 54.4 Å². The molecule has 4 heteroatoms. The van der Waals surface area contributed by atoms with Crippen LogP contribution in [-0.2, 0) is 9.59 Å². The molecule has 0 saturated carbocycles. The van der Waals surface area contributed by atoms with E-state index in [1.165, 1.54) is 0 Å². The highest BCUT2D eigenvalue weighted by Crippen LogP contribution is 1.88. The fourth-order valence-electron chi connectivity index (χ4n) is 1.000. The summed E-state index contributed by atoms with van der Waals surface area (Å²) in [5, 5.41) is 5.51. The normalized spacial score (nSPS) is 9.65. The zero-order valence-corrected chi connectivity index (χ0v) is 12.1. The molecular formula is C13H28N2O2. The quantitative estimate of drug-likeness (QED) is 0.778. The molecular weight excluding hydrogens is 216 g/mol. The van der Waals surface area contributed by atoms with Gasteiger partial charge in [0.15, 0.2) is 0 Å². The van der Waals surface area contributed by atoms with E-state index in [0.717, 1.165) is 13.0 Å². The highest BCUT2D eigenvalue weighted by Gasteiger charge is 2.02. The molecule has 0 aliphatic heterocycles. The molecule has 102 valence electrons. The maximum Gasteiger partial charge on any atom is 0.222 e. The third kappa shape index (κ3) is 14.9. The predicted octanol–water partition coefficient (Wildman–Crippen LogP) is 2.09. The molecule has 0 aromatic heterocycles. The second-order valence-electron chi connectivity index (χ2n) is 4.52. The zero-order valence-electron chi connectivity index (χ0n) is 12.1. The SMILES string of the molecule is CCCC(=O)NC(C)C.CCNC(=O)C(C)C. The lowest BCUT2D eigenvalue weighted by Crippen LogP contribution is -2.29. The van der Waals surface area contributed by atoms with Crippen LogP contribution in [0.25, 0.3) is 0 Å². The molecule has 2 amide bonds. The van der Waals surface area contributed by atoms with Gasteiger partial charge in [-0.05, 0) is 27.2 Å². The summed E-state index contributed by atoms with van der Waals surface area (Å²) in [6, 6.07) is 0.282. The fourth-order valence-corrected chi connectivity index (χ4v) is 1.000. The topological polar surface area (TPSA) is 58.2 Å². The van der Waals surface area contributed by atoms with Crippen LogP contribution in [0.3, 0.4) is 0 Å². The predicted molar refractivity (Wildman–Crippen MR) is 71.7 cm³/mol. The lowest BCUT2D eigenvalue weighted by molar-refractivity contribution is -0.124. The highest BCUT2D eigenvalue weighted by atomic mass is 16.2. The number of carbonyl (C=O) groups excluding carboxylic acids is 2. The number of nitrogens with one attached hydrogen (secondary N) is 2. The van der Waals surface area contributed by atoms with E-state index in [4.69, 9.17) is 0 Å². The van der Waals surface area contributed by atoms with Gasteiger partial charge in [0.05, 0.1) is 0 Å². The van der Waals surface area contributed by atoms with E-state index in [0.29, 0.717) is 6.42 Å². The van der Waals surface area contributed by atoms with E-state index < -0.39 is 0 Å². The van der Waals surface area contributed by atoms with Crippen LogP contribution in [0, 0.1) is 5.92 Å². The lowest BCUT2D eigenvalue weighted by Gasteiger charge is -2.05. The van der Waals surface area contributed by atoms with Gasteiger partial charge in [-0.1, -0.05) is 20.8 Å². The molecule has 0 saturated heterocycles. The van der Waals surface area contributed by atoms with Crippen LogP contribution >= 0.6 is 0 Å².